The van der Waals surface area contributed by atoms with Crippen molar-refractivity contribution in [2.45, 2.75) is 15.2 Å². The van der Waals surface area contributed by atoms with Crippen molar-refractivity contribution >= 4 is 56.4 Å². The van der Waals surface area contributed by atoms with E-state index in [1.807, 2.05) is 0 Å². The summed E-state index contributed by atoms with van der Waals surface area (Å²) < 4.78 is -0.247. The highest BCUT2D eigenvalue weighted by Crippen LogP contribution is 2.36. The summed E-state index contributed by atoms with van der Waals surface area (Å²) in [5, 5.41) is 0.418. The lowest BCUT2D eigenvalue weighted by Gasteiger charge is -2.10. The van der Waals surface area contributed by atoms with Crippen molar-refractivity contribution < 1.29 is 0 Å². The van der Waals surface area contributed by atoms with Crippen LogP contribution in [0.2, 0.25) is 0 Å². The molecular weight excluding hydrogens is 283 g/mol. The molecule has 0 saturated carbocycles. The maximum atomic E-state index is 5.95. The van der Waals surface area contributed by atoms with Gasteiger partial charge in [0, 0.05) is 18.3 Å². The van der Waals surface area contributed by atoms with E-state index in [0.29, 0.717) is 11.0 Å². The highest BCUT2D eigenvalue weighted by atomic mass is 35.5. The molecular formula is C7H7Cl3N2S2. The monoisotopic (exact) mass is 288 g/mol. The molecule has 0 aromatic carbocycles. The maximum absolute atomic E-state index is 5.95. The van der Waals surface area contributed by atoms with Crippen LogP contribution >= 0.6 is 56.4 Å². The number of hydrogen-bond acceptors (Lipinski definition) is 4. The Hall–Kier alpha value is 0.650. The highest BCUT2D eigenvalue weighted by Gasteiger charge is 2.17. The van der Waals surface area contributed by atoms with Crippen LogP contribution in [0.25, 0.3) is 0 Å². The van der Waals surface area contributed by atoms with Gasteiger partial charge < -0.3 is 0 Å². The van der Waals surface area contributed by atoms with Gasteiger partial charge in [-0.25, -0.2) is 9.97 Å². The van der Waals surface area contributed by atoms with E-state index in [0.717, 1.165) is 0 Å². The van der Waals surface area contributed by atoms with E-state index >= 15 is 0 Å². The van der Waals surface area contributed by atoms with Crippen molar-refractivity contribution in [1.29, 1.82) is 0 Å². The maximum Gasteiger partial charge on any atom is 0.198 e. The molecule has 0 aliphatic rings. The van der Waals surface area contributed by atoms with Gasteiger partial charge in [0.05, 0.1) is 5.38 Å². The van der Waals surface area contributed by atoms with E-state index in [2.05, 4.69) is 9.97 Å². The molecule has 0 N–H and O–H groups in total. The average molecular weight is 290 g/mol. The molecule has 0 aliphatic carbocycles. The van der Waals surface area contributed by atoms with Crippen LogP contribution in [0, 0.1) is 0 Å². The van der Waals surface area contributed by atoms with Crippen LogP contribution in [0.3, 0.4) is 0 Å². The van der Waals surface area contributed by atoms with Gasteiger partial charge in [-0.2, -0.15) is 0 Å². The lowest BCUT2D eigenvalue weighted by atomic mass is 10.5. The molecule has 0 fully saturated rings. The molecule has 2 unspecified atom stereocenters. The zero-order chi connectivity index (χ0) is 10.4. The molecule has 0 amide bonds. The molecule has 0 bridgehead atoms. The Kier molecular flexibility index (Phi) is 6.37. The number of aromatic nitrogens is 2. The molecule has 2 nitrogen and oxygen atoms in total. The first-order valence-electron chi connectivity index (χ1n) is 3.68. The summed E-state index contributed by atoms with van der Waals surface area (Å²) in [5.41, 5.74) is 0. The van der Waals surface area contributed by atoms with Crippen LogP contribution in [0.4, 0.5) is 0 Å². The van der Waals surface area contributed by atoms with Crippen LogP contribution in [-0.4, -0.2) is 25.9 Å². The Morgan fingerprint density at radius 2 is 1.93 bits per heavy atom. The summed E-state index contributed by atoms with van der Waals surface area (Å²) in [4.78, 5) is 8.06. The molecule has 78 valence electrons. The van der Waals surface area contributed by atoms with Crippen LogP contribution in [0.15, 0.2) is 23.6 Å². The topological polar surface area (TPSA) is 25.8 Å². The van der Waals surface area contributed by atoms with Crippen LogP contribution in [0.5, 0.6) is 0 Å². The smallest absolute Gasteiger partial charge is 0.198 e. The minimum atomic E-state index is -0.250. The average Bonchev–Trinajstić information content (AvgIpc) is 2.26. The minimum Gasteiger partial charge on any atom is -0.230 e. The van der Waals surface area contributed by atoms with Crippen molar-refractivity contribution in [2.75, 3.05) is 5.88 Å². The lowest BCUT2D eigenvalue weighted by Crippen LogP contribution is -2.11. The largest absolute Gasteiger partial charge is 0.230 e. The van der Waals surface area contributed by atoms with Gasteiger partial charge in [-0.3, -0.25) is 0 Å². The molecule has 7 heteroatoms. The fourth-order valence-electron chi connectivity index (χ4n) is 0.548. The van der Waals surface area contributed by atoms with Gasteiger partial charge in [0.2, 0.25) is 0 Å². The second-order valence-electron chi connectivity index (χ2n) is 2.23. The summed E-state index contributed by atoms with van der Waals surface area (Å²) in [6.07, 6.45) is 3.36. The summed E-state index contributed by atoms with van der Waals surface area (Å²) in [6.45, 7) is 0. The number of alkyl halides is 3. The fourth-order valence-corrected chi connectivity index (χ4v) is 3.47. The molecule has 0 saturated heterocycles. The molecule has 1 aromatic heterocycles. The second kappa shape index (κ2) is 7.01. The number of halogens is 3. The normalized spacial score (nSPS) is 15.1. The minimum absolute atomic E-state index is 0.247. The molecule has 0 aliphatic heterocycles. The molecule has 1 aromatic rings. The van der Waals surface area contributed by atoms with Gasteiger partial charge in [0.25, 0.3) is 0 Å². The third-order valence-corrected chi connectivity index (χ3v) is 5.58. The molecule has 14 heavy (non-hydrogen) atoms. The predicted molar refractivity (Wildman–Crippen MR) is 65.5 cm³/mol. The fraction of sp³-hybridized carbons (Fsp3) is 0.429. The lowest BCUT2D eigenvalue weighted by molar-refractivity contribution is 0.973. The molecule has 0 radical (unpaired) electrons. The van der Waals surface area contributed by atoms with Gasteiger partial charge >= 0.3 is 0 Å². The van der Waals surface area contributed by atoms with E-state index in [-0.39, 0.29) is 10.1 Å². The van der Waals surface area contributed by atoms with Crippen molar-refractivity contribution in [3.05, 3.63) is 18.5 Å². The van der Waals surface area contributed by atoms with Crippen molar-refractivity contribution in [2.24, 2.45) is 0 Å². The van der Waals surface area contributed by atoms with Crippen LogP contribution in [0.1, 0.15) is 0 Å². The zero-order valence-corrected chi connectivity index (χ0v) is 10.8. The van der Waals surface area contributed by atoms with E-state index in [1.54, 1.807) is 18.5 Å². The second-order valence-corrected chi connectivity index (χ2v) is 6.14. The standard InChI is InChI=1S/C7H7Cl3N2S2/c8-4-5(9)6(10)13-14-7-11-2-1-3-12-7/h1-3,5-6H,4H2. The highest BCUT2D eigenvalue weighted by molar-refractivity contribution is 8.77. The Morgan fingerprint density at radius 3 is 2.50 bits per heavy atom. The van der Waals surface area contributed by atoms with Crippen molar-refractivity contribution in [3.8, 4) is 0 Å². The number of hydrogen-bond donors (Lipinski definition) is 0. The van der Waals surface area contributed by atoms with Crippen molar-refractivity contribution in [1.82, 2.24) is 9.97 Å². The first-order valence-corrected chi connectivity index (χ1v) is 7.30. The summed E-state index contributed by atoms with van der Waals surface area (Å²) in [7, 11) is 2.79. The SMILES string of the molecule is ClCC(Cl)C(Cl)SSc1ncccn1. The quantitative estimate of drug-likeness (QED) is 0.470. The Balaban J connectivity index is 2.34. The number of rotatable bonds is 5. The van der Waals surface area contributed by atoms with Crippen LogP contribution in [-0.2, 0) is 0 Å². The third kappa shape index (κ3) is 4.45. The van der Waals surface area contributed by atoms with E-state index < -0.39 is 0 Å². The van der Waals surface area contributed by atoms with E-state index in [9.17, 15) is 0 Å². The van der Waals surface area contributed by atoms with E-state index in [1.165, 1.54) is 21.6 Å². The molecule has 1 rings (SSSR count). The molecule has 1 heterocycles. The van der Waals surface area contributed by atoms with Gasteiger partial charge in [-0.15, -0.1) is 34.8 Å². The Bertz CT molecular complexity index is 262. The van der Waals surface area contributed by atoms with Gasteiger partial charge in [-0.1, -0.05) is 10.8 Å². The molecule has 2 atom stereocenters. The van der Waals surface area contributed by atoms with Crippen molar-refractivity contribution in [3.63, 3.8) is 0 Å². The summed E-state index contributed by atoms with van der Waals surface area (Å²) >= 11 is 17.4. The first kappa shape index (κ1) is 12.7. The predicted octanol–water partition coefficient (Wildman–Crippen LogP) is 3.63. The first-order chi connectivity index (χ1) is 6.74. The summed E-state index contributed by atoms with van der Waals surface area (Å²) in [6, 6.07) is 1.76. The summed E-state index contributed by atoms with van der Waals surface area (Å²) in [5.74, 6) is 0.332. The Morgan fingerprint density at radius 1 is 1.29 bits per heavy atom. The third-order valence-electron chi connectivity index (χ3n) is 1.19. The van der Waals surface area contributed by atoms with Gasteiger partial charge in [-0.05, 0) is 16.9 Å². The Labute approximate surface area is 106 Å². The molecule has 0 spiro atoms. The number of nitrogens with zero attached hydrogens (tertiary/aromatic N) is 2. The zero-order valence-electron chi connectivity index (χ0n) is 6.94. The van der Waals surface area contributed by atoms with Gasteiger partial charge in [0.15, 0.2) is 5.16 Å². The van der Waals surface area contributed by atoms with Gasteiger partial charge in [0.1, 0.15) is 4.71 Å². The van der Waals surface area contributed by atoms with E-state index in [4.69, 9.17) is 34.8 Å². The van der Waals surface area contributed by atoms with Crippen LogP contribution < -0.4 is 0 Å².